The van der Waals surface area contributed by atoms with Crippen LogP contribution in [0.5, 0.6) is 11.5 Å². The molecule has 1 aliphatic rings. The maximum absolute atomic E-state index is 5.93. The molecule has 5 nitrogen and oxygen atoms in total. The molecule has 0 bridgehead atoms. The van der Waals surface area contributed by atoms with Crippen LogP contribution in [0.3, 0.4) is 0 Å². The van der Waals surface area contributed by atoms with Crippen LogP contribution in [-0.2, 0) is 0 Å². The molecule has 0 unspecified atom stereocenters. The van der Waals surface area contributed by atoms with E-state index in [1.165, 1.54) is 0 Å². The van der Waals surface area contributed by atoms with E-state index in [4.69, 9.17) is 19.7 Å². The lowest BCUT2D eigenvalue weighted by Crippen LogP contribution is -1.92. The standard InChI is InChI=1S/C14H10N2O3S/c15-14-12(13(16-19-14)9-3-4-20-6-9)8-1-2-10-11(5-8)18-7-17-10/h1-6H,7,15H2. The second-order valence-electron chi connectivity index (χ2n) is 4.35. The molecule has 2 N–H and O–H groups in total. The zero-order valence-corrected chi connectivity index (χ0v) is 11.1. The molecule has 0 saturated heterocycles. The van der Waals surface area contributed by atoms with E-state index in [0.717, 1.165) is 28.1 Å². The van der Waals surface area contributed by atoms with Crippen molar-refractivity contribution >= 4 is 17.2 Å². The van der Waals surface area contributed by atoms with Crippen LogP contribution < -0.4 is 15.2 Å². The number of hydrogen-bond acceptors (Lipinski definition) is 6. The monoisotopic (exact) mass is 286 g/mol. The zero-order chi connectivity index (χ0) is 13.5. The van der Waals surface area contributed by atoms with Crippen LogP contribution in [0, 0.1) is 0 Å². The van der Waals surface area contributed by atoms with Gasteiger partial charge in [0.05, 0.1) is 5.56 Å². The number of thiophene rings is 1. The molecule has 4 rings (SSSR count). The van der Waals surface area contributed by atoms with Gasteiger partial charge in [-0.3, -0.25) is 0 Å². The van der Waals surface area contributed by atoms with Gasteiger partial charge in [0.15, 0.2) is 11.5 Å². The molecule has 3 aromatic rings. The van der Waals surface area contributed by atoms with Gasteiger partial charge in [0.1, 0.15) is 5.69 Å². The first-order valence-corrected chi connectivity index (χ1v) is 6.95. The Labute approximate surface area is 118 Å². The second kappa shape index (κ2) is 4.28. The number of hydrogen-bond donors (Lipinski definition) is 1. The van der Waals surface area contributed by atoms with Gasteiger partial charge in [-0.25, -0.2) is 0 Å². The van der Waals surface area contributed by atoms with Gasteiger partial charge in [0, 0.05) is 10.9 Å². The predicted molar refractivity (Wildman–Crippen MR) is 75.8 cm³/mol. The number of aromatic nitrogens is 1. The fourth-order valence-corrected chi connectivity index (χ4v) is 2.87. The average molecular weight is 286 g/mol. The SMILES string of the molecule is Nc1onc(-c2ccsc2)c1-c1ccc2c(c1)OCO2. The number of benzene rings is 1. The molecule has 1 aromatic carbocycles. The van der Waals surface area contributed by atoms with Crippen LogP contribution in [-0.4, -0.2) is 11.9 Å². The summed E-state index contributed by atoms with van der Waals surface area (Å²) in [6.45, 7) is 0.245. The maximum atomic E-state index is 5.93. The van der Waals surface area contributed by atoms with E-state index in [1.54, 1.807) is 11.3 Å². The molecule has 0 saturated carbocycles. The van der Waals surface area contributed by atoms with Crippen LogP contribution >= 0.6 is 11.3 Å². The highest BCUT2D eigenvalue weighted by atomic mass is 32.1. The van der Waals surface area contributed by atoms with Crippen LogP contribution in [0.25, 0.3) is 22.4 Å². The van der Waals surface area contributed by atoms with Crippen molar-refractivity contribution in [3.05, 3.63) is 35.0 Å². The van der Waals surface area contributed by atoms with E-state index < -0.39 is 0 Å². The van der Waals surface area contributed by atoms with Crippen molar-refractivity contribution in [2.75, 3.05) is 12.5 Å². The number of fused-ring (bicyclic) bond motifs is 1. The topological polar surface area (TPSA) is 70.5 Å². The average Bonchev–Trinajstić information content (AvgIpc) is 3.17. The first kappa shape index (κ1) is 11.4. The molecular weight excluding hydrogens is 276 g/mol. The lowest BCUT2D eigenvalue weighted by molar-refractivity contribution is 0.174. The van der Waals surface area contributed by atoms with Gasteiger partial charge in [-0.15, -0.1) is 0 Å². The molecule has 0 aliphatic carbocycles. The van der Waals surface area contributed by atoms with E-state index in [0.29, 0.717) is 11.6 Å². The van der Waals surface area contributed by atoms with Crippen LogP contribution in [0.4, 0.5) is 5.88 Å². The Morgan fingerprint density at radius 3 is 2.85 bits per heavy atom. The van der Waals surface area contributed by atoms with E-state index >= 15 is 0 Å². The summed E-state index contributed by atoms with van der Waals surface area (Å²) in [4.78, 5) is 0. The van der Waals surface area contributed by atoms with Crippen LogP contribution in [0.15, 0.2) is 39.5 Å². The van der Waals surface area contributed by atoms with Gasteiger partial charge < -0.3 is 19.7 Å². The molecule has 0 spiro atoms. The second-order valence-corrected chi connectivity index (χ2v) is 5.13. The molecule has 0 radical (unpaired) electrons. The highest BCUT2D eigenvalue weighted by Crippen LogP contribution is 2.41. The molecule has 2 aromatic heterocycles. The van der Waals surface area contributed by atoms with Crippen molar-refractivity contribution in [2.45, 2.75) is 0 Å². The lowest BCUT2D eigenvalue weighted by atomic mass is 10.0. The van der Waals surface area contributed by atoms with Crippen molar-refractivity contribution in [1.82, 2.24) is 5.16 Å². The normalized spacial score (nSPS) is 12.8. The minimum absolute atomic E-state index is 0.245. The van der Waals surface area contributed by atoms with E-state index in [2.05, 4.69) is 5.16 Å². The largest absolute Gasteiger partial charge is 0.454 e. The lowest BCUT2D eigenvalue weighted by Gasteiger charge is -2.03. The Hall–Kier alpha value is -2.47. The summed E-state index contributed by atoms with van der Waals surface area (Å²) in [5, 5.41) is 8.06. The third-order valence-electron chi connectivity index (χ3n) is 3.17. The van der Waals surface area contributed by atoms with Crippen molar-refractivity contribution in [2.24, 2.45) is 0 Å². The van der Waals surface area contributed by atoms with Gasteiger partial charge in [0.2, 0.25) is 12.7 Å². The fourth-order valence-electron chi connectivity index (χ4n) is 2.23. The Kier molecular flexibility index (Phi) is 2.43. The number of nitrogens with zero attached hydrogens (tertiary/aromatic N) is 1. The molecule has 100 valence electrons. The van der Waals surface area contributed by atoms with Gasteiger partial charge in [-0.05, 0) is 29.1 Å². The number of nitrogen functional groups attached to an aromatic ring is 1. The smallest absolute Gasteiger partial charge is 0.231 e. The minimum atomic E-state index is 0.245. The summed E-state index contributed by atoms with van der Waals surface area (Å²) in [5.74, 6) is 1.74. The van der Waals surface area contributed by atoms with Gasteiger partial charge >= 0.3 is 0 Å². The first-order chi connectivity index (χ1) is 9.83. The number of nitrogens with two attached hydrogens (primary N) is 1. The third-order valence-corrected chi connectivity index (χ3v) is 3.86. The Morgan fingerprint density at radius 1 is 1.10 bits per heavy atom. The minimum Gasteiger partial charge on any atom is -0.454 e. The number of rotatable bonds is 2. The van der Waals surface area contributed by atoms with E-state index in [-0.39, 0.29) is 6.79 Å². The van der Waals surface area contributed by atoms with Crippen LogP contribution in [0.1, 0.15) is 0 Å². The van der Waals surface area contributed by atoms with Gasteiger partial charge in [-0.2, -0.15) is 11.3 Å². The molecule has 0 fully saturated rings. The third kappa shape index (κ3) is 1.65. The summed E-state index contributed by atoms with van der Waals surface area (Å²) >= 11 is 1.60. The fraction of sp³-hybridized carbons (Fsp3) is 0.0714. The van der Waals surface area contributed by atoms with Crippen molar-refractivity contribution in [1.29, 1.82) is 0 Å². The van der Waals surface area contributed by atoms with Crippen LogP contribution in [0.2, 0.25) is 0 Å². The molecular formula is C14H10N2O3S. The molecule has 1 aliphatic heterocycles. The highest BCUT2D eigenvalue weighted by molar-refractivity contribution is 7.08. The predicted octanol–water partition coefficient (Wildman–Crippen LogP) is 3.38. The van der Waals surface area contributed by atoms with Gasteiger partial charge in [0.25, 0.3) is 0 Å². The first-order valence-electron chi connectivity index (χ1n) is 6.00. The Morgan fingerprint density at radius 2 is 2.00 bits per heavy atom. The van der Waals surface area contributed by atoms with E-state index in [1.807, 2.05) is 35.0 Å². The zero-order valence-electron chi connectivity index (χ0n) is 10.3. The molecule has 3 heterocycles. The number of anilines is 1. The highest BCUT2D eigenvalue weighted by Gasteiger charge is 2.21. The molecule has 0 atom stereocenters. The van der Waals surface area contributed by atoms with Crippen molar-refractivity contribution in [3.63, 3.8) is 0 Å². The van der Waals surface area contributed by atoms with Crippen molar-refractivity contribution in [3.8, 4) is 33.9 Å². The summed E-state index contributed by atoms with van der Waals surface area (Å²) in [6, 6.07) is 7.66. The van der Waals surface area contributed by atoms with Gasteiger partial charge in [-0.1, -0.05) is 11.2 Å². The Balaban J connectivity index is 1.88. The summed E-state index contributed by atoms with van der Waals surface area (Å²) in [6.07, 6.45) is 0. The molecule has 20 heavy (non-hydrogen) atoms. The maximum Gasteiger partial charge on any atom is 0.231 e. The van der Waals surface area contributed by atoms with Crippen molar-refractivity contribution < 1.29 is 14.0 Å². The summed E-state index contributed by atoms with van der Waals surface area (Å²) in [7, 11) is 0. The molecule has 6 heteroatoms. The van der Waals surface area contributed by atoms with E-state index in [9.17, 15) is 0 Å². The summed E-state index contributed by atoms with van der Waals surface area (Å²) in [5.41, 5.74) is 9.33. The summed E-state index contributed by atoms with van der Waals surface area (Å²) < 4.78 is 15.9. The molecule has 0 amide bonds. The number of ether oxygens (including phenoxy) is 2. The quantitative estimate of drug-likeness (QED) is 0.782. The Bertz CT molecular complexity index is 765.